The molecule has 0 spiro atoms. The zero-order valence-electron chi connectivity index (χ0n) is 16.5. The van der Waals surface area contributed by atoms with Crippen molar-refractivity contribution >= 4 is 23.4 Å². The Labute approximate surface area is 171 Å². The smallest absolute Gasteiger partial charge is 0.285 e. The SMILES string of the molecule is Cc1cccc(C)c1N(CN1C(=O)[C@H]2[C@@H]3C=C[C@H]([C@H]4C[C@H]34)[C@@H]2C1=O)C(=O)C(F)(F)F. The van der Waals surface area contributed by atoms with Gasteiger partial charge in [0, 0.05) is 0 Å². The summed E-state index contributed by atoms with van der Waals surface area (Å²) in [5.41, 5.74) is 1.01. The van der Waals surface area contributed by atoms with E-state index in [1.54, 1.807) is 32.0 Å². The number of benzene rings is 1. The highest BCUT2D eigenvalue weighted by molar-refractivity contribution is 6.08. The topological polar surface area (TPSA) is 57.7 Å². The van der Waals surface area contributed by atoms with Gasteiger partial charge in [-0.1, -0.05) is 30.4 Å². The minimum atomic E-state index is -5.13. The molecule has 6 rings (SSSR count). The minimum absolute atomic E-state index is 0.0292. The first-order valence-electron chi connectivity index (χ1n) is 10.1. The lowest BCUT2D eigenvalue weighted by Gasteiger charge is -2.37. The maximum atomic E-state index is 13.4. The van der Waals surface area contributed by atoms with Crippen molar-refractivity contribution in [2.24, 2.45) is 35.5 Å². The molecule has 8 heteroatoms. The van der Waals surface area contributed by atoms with Crippen molar-refractivity contribution in [3.63, 3.8) is 0 Å². The summed E-state index contributed by atoms with van der Waals surface area (Å²) in [6.45, 7) is 2.48. The number of hydrogen-bond donors (Lipinski definition) is 0. The van der Waals surface area contributed by atoms with Gasteiger partial charge in [-0.05, 0) is 55.1 Å². The molecule has 5 nitrogen and oxygen atoms in total. The fourth-order valence-corrected chi connectivity index (χ4v) is 5.92. The molecule has 1 saturated heterocycles. The molecule has 1 heterocycles. The van der Waals surface area contributed by atoms with E-state index in [1.165, 1.54) is 0 Å². The molecule has 3 fully saturated rings. The summed E-state index contributed by atoms with van der Waals surface area (Å²) < 4.78 is 40.2. The van der Waals surface area contributed by atoms with E-state index < -0.39 is 42.4 Å². The van der Waals surface area contributed by atoms with E-state index in [2.05, 4.69) is 0 Å². The number of aryl methyl sites for hydroxylation is 2. The largest absolute Gasteiger partial charge is 0.471 e. The number of nitrogens with zero attached hydrogens (tertiary/aromatic N) is 2. The van der Waals surface area contributed by atoms with E-state index in [9.17, 15) is 27.6 Å². The first-order valence-corrected chi connectivity index (χ1v) is 10.1. The molecule has 2 bridgehead atoms. The van der Waals surface area contributed by atoms with Gasteiger partial charge in [0.15, 0.2) is 0 Å². The van der Waals surface area contributed by atoms with Crippen LogP contribution in [0.5, 0.6) is 0 Å². The summed E-state index contributed by atoms with van der Waals surface area (Å²) in [5.74, 6) is -3.30. The number of carbonyl (C=O) groups is 3. The molecule has 0 radical (unpaired) electrons. The van der Waals surface area contributed by atoms with Crippen LogP contribution in [0.25, 0.3) is 0 Å². The van der Waals surface area contributed by atoms with Crippen LogP contribution in [0.1, 0.15) is 17.5 Å². The van der Waals surface area contributed by atoms with Crippen LogP contribution in [-0.4, -0.2) is 35.5 Å². The number of halogens is 3. The third-order valence-electron chi connectivity index (χ3n) is 7.23. The van der Waals surface area contributed by atoms with E-state index in [1.807, 2.05) is 12.2 Å². The summed E-state index contributed by atoms with van der Waals surface area (Å²) in [6, 6.07) is 4.88. The molecule has 3 amide bonds. The summed E-state index contributed by atoms with van der Waals surface area (Å²) in [4.78, 5) is 40.1. The number of hydrogen-bond acceptors (Lipinski definition) is 3. The molecule has 1 aliphatic heterocycles. The van der Waals surface area contributed by atoms with Crippen molar-refractivity contribution in [3.05, 3.63) is 41.5 Å². The third kappa shape index (κ3) is 2.58. The van der Waals surface area contributed by atoms with Crippen molar-refractivity contribution in [1.82, 2.24) is 4.90 Å². The van der Waals surface area contributed by atoms with Gasteiger partial charge < -0.3 is 0 Å². The second kappa shape index (κ2) is 6.18. The molecular weight excluding hydrogens is 397 g/mol. The van der Waals surface area contributed by atoms with E-state index in [0.717, 1.165) is 11.3 Å². The van der Waals surface area contributed by atoms with Crippen LogP contribution >= 0.6 is 0 Å². The first-order chi connectivity index (χ1) is 14.1. The van der Waals surface area contributed by atoms with Gasteiger partial charge >= 0.3 is 12.1 Å². The molecule has 1 aromatic rings. The van der Waals surface area contributed by atoms with E-state index in [0.29, 0.717) is 27.9 Å². The number of alkyl halides is 3. The predicted octanol–water partition coefficient (Wildman–Crippen LogP) is 3.21. The molecular formula is C22H21F3N2O3. The van der Waals surface area contributed by atoms with Gasteiger partial charge in [0.1, 0.15) is 6.67 Å². The van der Waals surface area contributed by atoms with Gasteiger partial charge in [0.05, 0.1) is 17.5 Å². The fourth-order valence-electron chi connectivity index (χ4n) is 5.92. The monoisotopic (exact) mass is 418 g/mol. The Bertz CT molecular complexity index is 946. The average molecular weight is 418 g/mol. The number of rotatable bonds is 3. The zero-order valence-corrected chi connectivity index (χ0v) is 16.5. The van der Waals surface area contributed by atoms with Crippen LogP contribution in [0.4, 0.5) is 18.9 Å². The number of para-hydroxylation sites is 1. The van der Waals surface area contributed by atoms with Crippen LogP contribution < -0.4 is 4.90 Å². The first kappa shape index (κ1) is 19.3. The van der Waals surface area contributed by atoms with Gasteiger partial charge in [-0.15, -0.1) is 0 Å². The van der Waals surface area contributed by atoms with Crippen molar-refractivity contribution in [3.8, 4) is 0 Å². The summed E-state index contributed by atoms with van der Waals surface area (Å²) in [7, 11) is 0. The normalized spacial score (nSPS) is 33.6. The highest BCUT2D eigenvalue weighted by Gasteiger charge is 2.67. The maximum Gasteiger partial charge on any atom is 0.471 e. The summed E-state index contributed by atoms with van der Waals surface area (Å²) in [6.07, 6.45) is -0.135. The predicted molar refractivity (Wildman–Crippen MR) is 101 cm³/mol. The van der Waals surface area contributed by atoms with Gasteiger partial charge in [0.2, 0.25) is 11.8 Å². The molecule has 5 aliphatic rings. The number of allylic oxidation sites excluding steroid dienone is 2. The quantitative estimate of drug-likeness (QED) is 0.560. The lowest BCUT2D eigenvalue weighted by molar-refractivity contribution is -0.171. The number of carbonyl (C=O) groups excluding carboxylic acids is 3. The molecule has 4 aliphatic carbocycles. The van der Waals surface area contributed by atoms with E-state index >= 15 is 0 Å². The van der Waals surface area contributed by atoms with Crippen molar-refractivity contribution in [2.45, 2.75) is 26.4 Å². The summed E-state index contributed by atoms with van der Waals surface area (Å²) >= 11 is 0. The van der Waals surface area contributed by atoms with Gasteiger partial charge in [-0.3, -0.25) is 24.2 Å². The average Bonchev–Trinajstić information content (AvgIpc) is 3.46. The summed E-state index contributed by atoms with van der Waals surface area (Å²) in [5, 5.41) is 0. The van der Waals surface area contributed by atoms with E-state index in [-0.39, 0.29) is 17.5 Å². The Hall–Kier alpha value is -2.64. The second-order valence-corrected chi connectivity index (χ2v) is 8.87. The lowest BCUT2D eigenvalue weighted by Crippen LogP contribution is -2.50. The Balaban J connectivity index is 1.51. The van der Waals surface area contributed by atoms with Crippen LogP contribution in [0.3, 0.4) is 0 Å². The van der Waals surface area contributed by atoms with Gasteiger partial charge in [-0.25, -0.2) is 0 Å². The molecule has 0 N–H and O–H groups in total. The highest BCUT2D eigenvalue weighted by atomic mass is 19.4. The van der Waals surface area contributed by atoms with Crippen LogP contribution in [0, 0.1) is 49.4 Å². The van der Waals surface area contributed by atoms with Crippen molar-refractivity contribution < 1.29 is 27.6 Å². The number of amides is 3. The molecule has 2 saturated carbocycles. The van der Waals surface area contributed by atoms with Crippen molar-refractivity contribution in [2.75, 3.05) is 11.6 Å². The van der Waals surface area contributed by atoms with Crippen molar-refractivity contribution in [1.29, 1.82) is 0 Å². The minimum Gasteiger partial charge on any atom is -0.285 e. The standard InChI is InChI=1S/C22H21F3N2O3/c1-10-4-3-5-11(2)18(10)26(21(30)22(23,24)25)9-27-19(28)16-12-6-7-13(15-8-14(12)15)17(16)20(27)29/h3-7,12-17H,8-9H2,1-2H3/t12-,13-,14-,15-,16+,17+/m1/s1. The molecule has 6 atom stereocenters. The molecule has 158 valence electrons. The number of likely N-dealkylation sites (tertiary alicyclic amines) is 1. The second-order valence-electron chi connectivity index (χ2n) is 8.87. The van der Waals surface area contributed by atoms with Crippen LogP contribution in [0.2, 0.25) is 0 Å². The number of imide groups is 1. The van der Waals surface area contributed by atoms with E-state index in [4.69, 9.17) is 0 Å². The molecule has 30 heavy (non-hydrogen) atoms. The fraction of sp³-hybridized carbons (Fsp3) is 0.500. The molecule has 1 aromatic carbocycles. The Morgan fingerprint density at radius 2 is 1.53 bits per heavy atom. The molecule has 0 unspecified atom stereocenters. The highest BCUT2D eigenvalue weighted by Crippen LogP contribution is 2.65. The van der Waals surface area contributed by atoms with Gasteiger partial charge in [-0.2, -0.15) is 13.2 Å². The third-order valence-corrected chi connectivity index (χ3v) is 7.23. The van der Waals surface area contributed by atoms with Gasteiger partial charge in [0.25, 0.3) is 0 Å². The Morgan fingerprint density at radius 3 is 2.00 bits per heavy atom. The number of anilines is 1. The molecule has 0 aromatic heterocycles. The zero-order chi connectivity index (χ0) is 21.5. The Morgan fingerprint density at radius 1 is 1.03 bits per heavy atom. The maximum absolute atomic E-state index is 13.4. The van der Waals surface area contributed by atoms with Crippen LogP contribution in [0.15, 0.2) is 30.4 Å². The Kier molecular flexibility index (Phi) is 3.98. The lowest BCUT2D eigenvalue weighted by atomic mass is 9.63. The van der Waals surface area contributed by atoms with Crippen LogP contribution in [-0.2, 0) is 14.4 Å².